The van der Waals surface area contributed by atoms with Gasteiger partial charge in [0.1, 0.15) is 5.75 Å². The van der Waals surface area contributed by atoms with Crippen molar-refractivity contribution in [2.24, 2.45) is 0 Å². The normalized spacial score (nSPS) is 16.4. The van der Waals surface area contributed by atoms with Crippen LogP contribution in [0.2, 0.25) is 5.28 Å². The van der Waals surface area contributed by atoms with E-state index in [1.54, 1.807) is 24.3 Å². The fraction of sp³-hybridized carbons (Fsp3) is 0.346. The van der Waals surface area contributed by atoms with E-state index in [1.807, 2.05) is 11.9 Å². The zero-order chi connectivity index (χ0) is 26.9. The molecule has 1 N–H and O–H groups in total. The average Bonchev–Trinajstić information content (AvgIpc) is 3.29. The van der Waals surface area contributed by atoms with Gasteiger partial charge in [0.15, 0.2) is 0 Å². The summed E-state index contributed by atoms with van der Waals surface area (Å²) in [7, 11) is 2.00. The van der Waals surface area contributed by atoms with Crippen molar-refractivity contribution in [2.75, 3.05) is 50.0 Å². The summed E-state index contributed by atoms with van der Waals surface area (Å²) in [5.41, 5.74) is 1.10. The van der Waals surface area contributed by atoms with E-state index in [1.165, 1.54) is 23.2 Å². The molecule has 2 amide bonds. The Morgan fingerprint density at radius 3 is 2.61 bits per heavy atom. The first kappa shape index (κ1) is 26.2. The molecule has 3 aromatic rings. The molecule has 2 aliphatic rings. The van der Waals surface area contributed by atoms with Crippen LogP contribution < -0.4 is 15.0 Å². The van der Waals surface area contributed by atoms with Gasteiger partial charge in [0.05, 0.1) is 5.56 Å². The third-order valence-electron chi connectivity index (χ3n) is 6.67. The van der Waals surface area contributed by atoms with Crippen LogP contribution in [0.25, 0.3) is 0 Å². The lowest BCUT2D eigenvalue weighted by molar-refractivity contribution is -0.138. The molecule has 1 fully saturated rings. The van der Waals surface area contributed by atoms with Crippen LogP contribution in [0.3, 0.4) is 0 Å². The van der Waals surface area contributed by atoms with Crippen molar-refractivity contribution in [1.82, 2.24) is 19.8 Å². The molecule has 0 aliphatic carbocycles. The number of anilines is 2. The molecule has 38 heavy (non-hydrogen) atoms. The number of nitrogens with one attached hydrogen (secondary N) is 1. The van der Waals surface area contributed by atoms with E-state index >= 15 is 0 Å². The smallest absolute Gasteiger partial charge is 0.416 e. The summed E-state index contributed by atoms with van der Waals surface area (Å²) in [6.45, 7) is 3.64. The summed E-state index contributed by atoms with van der Waals surface area (Å²) >= 11 is 5.80. The third-order valence-corrected chi connectivity index (χ3v) is 6.85. The number of urea groups is 1. The molecule has 200 valence electrons. The Morgan fingerprint density at radius 2 is 1.87 bits per heavy atom. The molecule has 0 bridgehead atoms. The minimum atomic E-state index is -4.53. The molecule has 3 heterocycles. The molecule has 0 radical (unpaired) electrons. The quantitative estimate of drug-likeness (QED) is 0.439. The van der Waals surface area contributed by atoms with Crippen LogP contribution in [0.4, 0.5) is 29.3 Å². The molecular formula is C26H26ClF3N6O2. The number of rotatable bonds is 5. The minimum absolute atomic E-state index is 0.0625. The van der Waals surface area contributed by atoms with Gasteiger partial charge < -0.3 is 15.0 Å². The van der Waals surface area contributed by atoms with Gasteiger partial charge in [-0.1, -0.05) is 6.07 Å². The van der Waals surface area contributed by atoms with Gasteiger partial charge in [-0.2, -0.15) is 18.2 Å². The number of aromatic nitrogens is 2. The highest BCUT2D eigenvalue weighted by molar-refractivity contribution is 6.28. The maximum atomic E-state index is 13.9. The van der Waals surface area contributed by atoms with Crippen LogP contribution in [-0.4, -0.2) is 65.6 Å². The number of piperazine rings is 1. The van der Waals surface area contributed by atoms with Gasteiger partial charge in [-0.05, 0) is 66.5 Å². The molecule has 5 rings (SSSR count). The Morgan fingerprint density at radius 1 is 1.08 bits per heavy atom. The minimum Gasteiger partial charge on any atom is -0.439 e. The zero-order valence-electron chi connectivity index (χ0n) is 20.6. The van der Waals surface area contributed by atoms with Gasteiger partial charge in [0.2, 0.25) is 11.2 Å². The van der Waals surface area contributed by atoms with Gasteiger partial charge in [-0.3, -0.25) is 9.80 Å². The van der Waals surface area contributed by atoms with Crippen LogP contribution in [0.1, 0.15) is 16.7 Å². The number of fused-ring (bicyclic) bond motifs is 1. The lowest BCUT2D eigenvalue weighted by atomic mass is 10.0. The fourth-order valence-corrected chi connectivity index (χ4v) is 4.78. The highest BCUT2D eigenvalue weighted by Gasteiger charge is 2.34. The summed E-state index contributed by atoms with van der Waals surface area (Å²) < 4.78 is 47.5. The number of benzene rings is 2. The SMILES string of the molecule is CN1CCN(Cc2ccc(NC(=O)N3CCc4cc(Oc5ccnc(Cl)n5)ccc43)cc2C(F)(F)F)CC1. The molecule has 12 heteroatoms. The predicted molar refractivity (Wildman–Crippen MR) is 138 cm³/mol. The number of carbonyl (C=O) groups is 1. The van der Waals surface area contributed by atoms with Gasteiger partial charge in [0, 0.05) is 62.9 Å². The Bertz CT molecular complexity index is 1330. The molecule has 8 nitrogen and oxygen atoms in total. The standard InChI is InChI=1S/C26H26ClF3N6O2/c1-34-10-12-35(13-11-34)16-18-2-3-19(15-21(18)26(28,29)30)32-25(37)36-9-7-17-14-20(4-5-22(17)36)38-23-6-8-31-24(27)33-23/h2-6,8,14-15H,7,9-13,16H2,1H3,(H,32,37). The van der Waals surface area contributed by atoms with Crippen LogP contribution >= 0.6 is 11.6 Å². The van der Waals surface area contributed by atoms with Crippen molar-refractivity contribution in [3.63, 3.8) is 0 Å². The maximum absolute atomic E-state index is 13.9. The van der Waals surface area contributed by atoms with E-state index < -0.39 is 17.8 Å². The second-order valence-corrected chi connectivity index (χ2v) is 9.68. The Kier molecular flexibility index (Phi) is 7.42. The number of amides is 2. The monoisotopic (exact) mass is 546 g/mol. The van der Waals surface area contributed by atoms with Gasteiger partial charge >= 0.3 is 12.2 Å². The highest BCUT2D eigenvalue weighted by atomic mass is 35.5. The molecule has 0 unspecified atom stereocenters. The lowest BCUT2D eigenvalue weighted by Crippen LogP contribution is -2.44. The average molecular weight is 547 g/mol. The van der Waals surface area contributed by atoms with Crippen molar-refractivity contribution in [3.05, 3.63) is 70.6 Å². The predicted octanol–water partition coefficient (Wildman–Crippen LogP) is 5.28. The number of carbonyl (C=O) groups excluding carboxylic acids is 1. The first-order valence-electron chi connectivity index (χ1n) is 12.1. The van der Waals surface area contributed by atoms with Crippen LogP contribution in [0.15, 0.2) is 48.7 Å². The van der Waals surface area contributed by atoms with Crippen molar-refractivity contribution < 1.29 is 22.7 Å². The largest absolute Gasteiger partial charge is 0.439 e. The first-order chi connectivity index (χ1) is 18.2. The van der Waals surface area contributed by atoms with Crippen LogP contribution in [0, 0.1) is 0 Å². The number of ether oxygens (including phenoxy) is 1. The van der Waals surface area contributed by atoms with E-state index in [-0.39, 0.29) is 29.0 Å². The number of hydrogen-bond donors (Lipinski definition) is 1. The molecule has 2 aliphatic heterocycles. The zero-order valence-corrected chi connectivity index (χ0v) is 21.4. The van der Waals surface area contributed by atoms with Crippen LogP contribution in [0.5, 0.6) is 11.6 Å². The van der Waals surface area contributed by atoms with Crippen molar-refractivity contribution >= 4 is 29.0 Å². The fourth-order valence-electron chi connectivity index (χ4n) is 4.64. The highest BCUT2D eigenvalue weighted by Crippen LogP contribution is 2.36. The van der Waals surface area contributed by atoms with E-state index in [0.29, 0.717) is 37.5 Å². The molecule has 0 spiro atoms. The Labute approximate surface area is 223 Å². The Balaban J connectivity index is 1.28. The van der Waals surface area contributed by atoms with E-state index in [9.17, 15) is 18.0 Å². The first-order valence-corrected chi connectivity index (χ1v) is 12.5. The number of likely N-dealkylation sites (N-methyl/N-ethyl adjacent to an activating group) is 1. The van der Waals surface area contributed by atoms with E-state index in [0.717, 1.165) is 24.7 Å². The maximum Gasteiger partial charge on any atom is 0.416 e. The summed E-state index contributed by atoms with van der Waals surface area (Å²) in [5, 5.41) is 2.70. The second kappa shape index (κ2) is 10.8. The third kappa shape index (κ3) is 6.01. The second-order valence-electron chi connectivity index (χ2n) is 9.34. The van der Waals surface area contributed by atoms with Gasteiger partial charge in [-0.15, -0.1) is 0 Å². The summed E-state index contributed by atoms with van der Waals surface area (Å²) in [5.74, 6) is 0.806. The van der Waals surface area contributed by atoms with E-state index in [4.69, 9.17) is 16.3 Å². The Hall–Kier alpha value is -3.41. The number of alkyl halides is 3. The van der Waals surface area contributed by atoms with Crippen molar-refractivity contribution in [3.8, 4) is 11.6 Å². The van der Waals surface area contributed by atoms with E-state index in [2.05, 4.69) is 20.2 Å². The summed E-state index contributed by atoms with van der Waals surface area (Å²) in [4.78, 5) is 26.5. The summed E-state index contributed by atoms with van der Waals surface area (Å²) in [6, 6.07) is 10.3. The lowest BCUT2D eigenvalue weighted by Gasteiger charge is -2.33. The van der Waals surface area contributed by atoms with Crippen molar-refractivity contribution in [2.45, 2.75) is 19.1 Å². The summed E-state index contributed by atoms with van der Waals surface area (Å²) in [6.07, 6.45) is -2.48. The molecule has 2 aromatic carbocycles. The van der Waals surface area contributed by atoms with Gasteiger partial charge in [0.25, 0.3) is 0 Å². The molecule has 0 saturated carbocycles. The van der Waals surface area contributed by atoms with Gasteiger partial charge in [-0.25, -0.2) is 9.78 Å². The topological polar surface area (TPSA) is 73.8 Å². The number of nitrogens with zero attached hydrogens (tertiary/aromatic N) is 5. The number of halogens is 4. The molecule has 1 aromatic heterocycles. The molecule has 1 saturated heterocycles. The van der Waals surface area contributed by atoms with Crippen LogP contribution in [-0.2, 0) is 19.1 Å². The number of hydrogen-bond acceptors (Lipinski definition) is 6. The molecular weight excluding hydrogens is 521 g/mol. The van der Waals surface area contributed by atoms with Crippen molar-refractivity contribution in [1.29, 1.82) is 0 Å². The molecule has 0 atom stereocenters.